The number of hydrogen-bond acceptors (Lipinski definition) is 4. The molecule has 0 aliphatic heterocycles. The summed E-state index contributed by atoms with van der Waals surface area (Å²) in [5.41, 5.74) is 4.05. The molecule has 0 heterocycles. The third-order valence-corrected chi connectivity index (χ3v) is 10.7. The highest BCUT2D eigenvalue weighted by atomic mass is 35.5. The van der Waals surface area contributed by atoms with Crippen molar-refractivity contribution < 1.29 is 18.0 Å². The van der Waals surface area contributed by atoms with Crippen LogP contribution in [0, 0.1) is 22.7 Å². The number of halogens is 1. The number of Topliss-reactive ketones (excluding diaryl/α,β-unsaturated/α-hetero) is 1. The minimum absolute atomic E-state index is 0.00299. The van der Waals surface area contributed by atoms with Crippen molar-refractivity contribution in [3.05, 3.63) is 29.3 Å². The van der Waals surface area contributed by atoms with Crippen LogP contribution in [-0.4, -0.2) is 25.6 Å². The molecular weight excluding hydrogens is 448 g/mol. The number of nitrogens with one attached hydrogen (secondary N) is 1. The van der Waals surface area contributed by atoms with Gasteiger partial charge in [0.2, 0.25) is 15.9 Å². The Hall–Kier alpha value is -1.44. The van der Waals surface area contributed by atoms with E-state index in [4.69, 9.17) is 17.3 Å². The van der Waals surface area contributed by atoms with E-state index in [1.165, 1.54) is 12.1 Å². The predicted octanol–water partition coefficient (Wildman–Crippen LogP) is 3.96. The molecule has 6 rings (SSSR count). The Labute approximate surface area is 194 Å². The summed E-state index contributed by atoms with van der Waals surface area (Å²) >= 11 is 6.16. The van der Waals surface area contributed by atoms with Crippen LogP contribution in [0.15, 0.2) is 29.2 Å². The summed E-state index contributed by atoms with van der Waals surface area (Å²) in [6.07, 6.45) is 8.30. The average Bonchev–Trinajstić information content (AvgIpc) is 3.16. The van der Waals surface area contributed by atoms with Gasteiger partial charge in [0.1, 0.15) is 4.90 Å². The quantitative estimate of drug-likeness (QED) is 0.618. The molecule has 0 radical (unpaired) electrons. The van der Waals surface area contributed by atoms with Gasteiger partial charge in [-0.2, -0.15) is 4.72 Å². The SMILES string of the molecule is NC(=O)C12CC3CC(CC(CC(=O)C4(NS(=O)(=O)c5ccccc5Cl)CCCC4)(C3)C1)C2. The molecule has 1 aromatic carbocycles. The maximum atomic E-state index is 13.8. The molecule has 32 heavy (non-hydrogen) atoms. The van der Waals surface area contributed by atoms with E-state index < -0.39 is 21.0 Å². The lowest BCUT2D eigenvalue weighted by Crippen LogP contribution is -2.59. The van der Waals surface area contributed by atoms with Crippen molar-refractivity contribution in [3.63, 3.8) is 0 Å². The van der Waals surface area contributed by atoms with Crippen LogP contribution < -0.4 is 10.5 Å². The second-order valence-corrected chi connectivity index (χ2v) is 13.1. The lowest BCUT2D eigenvalue weighted by atomic mass is 9.43. The third-order valence-electron chi connectivity index (χ3n) is 8.69. The minimum atomic E-state index is -3.95. The molecule has 1 aromatic rings. The number of primary amides is 1. The fraction of sp³-hybridized carbons (Fsp3) is 0.667. The lowest BCUT2D eigenvalue weighted by molar-refractivity contribution is -0.159. The number of ketones is 1. The van der Waals surface area contributed by atoms with E-state index in [1.54, 1.807) is 12.1 Å². The number of benzene rings is 1. The maximum Gasteiger partial charge on any atom is 0.242 e. The van der Waals surface area contributed by atoms with Crippen LogP contribution in [0.1, 0.15) is 70.6 Å². The zero-order chi connectivity index (χ0) is 22.8. The van der Waals surface area contributed by atoms with Gasteiger partial charge >= 0.3 is 0 Å². The second kappa shape index (κ2) is 7.54. The molecule has 5 aliphatic carbocycles. The third kappa shape index (κ3) is 3.61. The Kier molecular flexibility index (Phi) is 5.27. The summed E-state index contributed by atoms with van der Waals surface area (Å²) in [5, 5.41) is 0.144. The van der Waals surface area contributed by atoms with Gasteiger partial charge in [-0.15, -0.1) is 0 Å². The molecule has 0 spiro atoms. The van der Waals surface area contributed by atoms with Gasteiger partial charge in [0.05, 0.1) is 16.0 Å². The van der Waals surface area contributed by atoms with Crippen LogP contribution in [0.3, 0.4) is 0 Å². The van der Waals surface area contributed by atoms with Crippen LogP contribution in [0.25, 0.3) is 0 Å². The van der Waals surface area contributed by atoms with E-state index in [9.17, 15) is 18.0 Å². The largest absolute Gasteiger partial charge is 0.369 e. The van der Waals surface area contributed by atoms with Crippen molar-refractivity contribution >= 4 is 33.3 Å². The lowest BCUT2D eigenvalue weighted by Gasteiger charge is -2.61. The molecule has 174 valence electrons. The first-order valence-electron chi connectivity index (χ1n) is 11.7. The zero-order valence-electron chi connectivity index (χ0n) is 18.2. The second-order valence-electron chi connectivity index (χ2n) is 11.0. The van der Waals surface area contributed by atoms with Crippen LogP contribution in [0.2, 0.25) is 5.02 Å². The minimum Gasteiger partial charge on any atom is -0.369 e. The van der Waals surface area contributed by atoms with E-state index in [1.807, 2.05) is 0 Å². The Morgan fingerprint density at radius 3 is 2.28 bits per heavy atom. The van der Waals surface area contributed by atoms with Gasteiger partial charge in [-0.3, -0.25) is 9.59 Å². The molecule has 2 atom stereocenters. The summed E-state index contributed by atoms with van der Waals surface area (Å²) in [6, 6.07) is 6.31. The fourth-order valence-corrected chi connectivity index (χ4v) is 9.81. The molecule has 8 heteroatoms. The summed E-state index contributed by atoms with van der Waals surface area (Å²) < 4.78 is 29.2. The molecule has 2 unspecified atom stereocenters. The van der Waals surface area contributed by atoms with Crippen molar-refractivity contribution in [2.45, 2.75) is 81.1 Å². The highest BCUT2D eigenvalue weighted by Gasteiger charge is 2.61. The molecule has 0 saturated heterocycles. The standard InChI is InChI=1S/C24H31ClN2O4S/c25-18-5-1-2-6-19(18)32(30,31)27-24(7-3-4-8-24)20(28)14-22-10-16-9-17(11-22)13-23(12-16,15-22)21(26)29/h1-2,5-6,16-17,27H,3-4,7-15H2,(H2,26,29). The van der Waals surface area contributed by atoms with E-state index in [0.29, 0.717) is 37.5 Å². The Balaban J connectivity index is 1.42. The molecule has 4 bridgehead atoms. The monoisotopic (exact) mass is 478 g/mol. The first-order chi connectivity index (χ1) is 15.1. The van der Waals surface area contributed by atoms with E-state index in [0.717, 1.165) is 44.9 Å². The van der Waals surface area contributed by atoms with E-state index in [-0.39, 0.29) is 27.0 Å². The first-order valence-corrected chi connectivity index (χ1v) is 13.6. The van der Waals surface area contributed by atoms with Crippen LogP contribution in [0.4, 0.5) is 0 Å². The Bertz CT molecular complexity index is 1050. The van der Waals surface area contributed by atoms with Gasteiger partial charge in [-0.25, -0.2) is 8.42 Å². The Morgan fingerprint density at radius 2 is 1.69 bits per heavy atom. The van der Waals surface area contributed by atoms with Crippen LogP contribution >= 0.6 is 11.6 Å². The van der Waals surface area contributed by atoms with Gasteiger partial charge in [-0.05, 0) is 80.8 Å². The molecular formula is C24H31ClN2O4S. The normalized spacial score (nSPS) is 35.2. The molecule has 5 aliphatic rings. The van der Waals surface area contributed by atoms with Crippen LogP contribution in [0.5, 0.6) is 0 Å². The molecule has 6 nitrogen and oxygen atoms in total. The number of amides is 1. The highest BCUT2D eigenvalue weighted by molar-refractivity contribution is 7.89. The van der Waals surface area contributed by atoms with Gasteiger partial charge in [0.15, 0.2) is 5.78 Å². The summed E-state index contributed by atoms with van der Waals surface area (Å²) in [7, 11) is -3.95. The average molecular weight is 479 g/mol. The highest BCUT2D eigenvalue weighted by Crippen LogP contribution is 2.66. The van der Waals surface area contributed by atoms with Gasteiger partial charge < -0.3 is 5.73 Å². The van der Waals surface area contributed by atoms with Gasteiger partial charge in [0, 0.05) is 6.42 Å². The first kappa shape index (κ1) is 22.4. The predicted molar refractivity (Wildman–Crippen MR) is 121 cm³/mol. The number of sulfonamides is 1. The van der Waals surface area contributed by atoms with Crippen molar-refractivity contribution in [1.29, 1.82) is 0 Å². The smallest absolute Gasteiger partial charge is 0.242 e. The van der Waals surface area contributed by atoms with Crippen molar-refractivity contribution in [1.82, 2.24) is 4.72 Å². The fourth-order valence-electron chi connectivity index (χ4n) is 7.85. The number of hydrogen-bond donors (Lipinski definition) is 2. The van der Waals surface area contributed by atoms with Gasteiger partial charge in [0.25, 0.3) is 0 Å². The van der Waals surface area contributed by atoms with Crippen molar-refractivity contribution in [2.24, 2.45) is 28.4 Å². The van der Waals surface area contributed by atoms with E-state index in [2.05, 4.69) is 4.72 Å². The summed E-state index contributed by atoms with van der Waals surface area (Å²) in [6.45, 7) is 0. The topological polar surface area (TPSA) is 106 Å². The number of carbonyl (C=O) groups excluding carboxylic acids is 2. The number of nitrogens with two attached hydrogens (primary N) is 1. The number of rotatable bonds is 7. The van der Waals surface area contributed by atoms with Crippen molar-refractivity contribution in [3.8, 4) is 0 Å². The summed E-state index contributed by atoms with van der Waals surface area (Å²) in [5.74, 6) is 0.623. The molecule has 1 amide bonds. The molecule has 5 fully saturated rings. The molecule has 5 saturated carbocycles. The van der Waals surface area contributed by atoms with E-state index >= 15 is 0 Å². The van der Waals surface area contributed by atoms with Gasteiger partial charge in [-0.1, -0.05) is 36.6 Å². The van der Waals surface area contributed by atoms with Crippen molar-refractivity contribution in [2.75, 3.05) is 0 Å². The molecule has 0 aromatic heterocycles. The zero-order valence-corrected chi connectivity index (χ0v) is 19.8. The summed E-state index contributed by atoms with van der Waals surface area (Å²) in [4.78, 5) is 26.3. The maximum absolute atomic E-state index is 13.8. The number of carbonyl (C=O) groups is 2. The van der Waals surface area contributed by atoms with Crippen LogP contribution in [-0.2, 0) is 19.6 Å². The molecule has 3 N–H and O–H groups in total. The Morgan fingerprint density at radius 1 is 1.06 bits per heavy atom.